The fourth-order valence-electron chi connectivity index (χ4n) is 2.10. The molecule has 1 aliphatic heterocycles. The smallest absolute Gasteiger partial charge is 0.363 e. The first-order valence-corrected chi connectivity index (χ1v) is 7.46. The van der Waals surface area contributed by atoms with Gasteiger partial charge in [0.25, 0.3) is 0 Å². The van der Waals surface area contributed by atoms with Gasteiger partial charge in [0.1, 0.15) is 0 Å². The van der Waals surface area contributed by atoms with Crippen molar-refractivity contribution in [3.8, 4) is 0 Å². The van der Waals surface area contributed by atoms with Crippen LogP contribution in [0.5, 0.6) is 0 Å². The molecule has 0 saturated carbocycles. The number of thiophene rings is 1. The average Bonchev–Trinajstić information content (AvgIpc) is 3.18. The van der Waals surface area contributed by atoms with Gasteiger partial charge in [-0.05, 0) is 29.7 Å². The fourth-order valence-corrected chi connectivity index (χ4v) is 2.74. The number of ether oxygens (including phenoxy) is 1. The van der Waals surface area contributed by atoms with E-state index in [0.717, 1.165) is 15.9 Å². The number of fused-ring (bicyclic) bond motifs is 1. The van der Waals surface area contributed by atoms with Crippen molar-refractivity contribution >= 4 is 40.3 Å². The van der Waals surface area contributed by atoms with E-state index >= 15 is 0 Å². The number of aromatic nitrogens is 2. The van der Waals surface area contributed by atoms with Crippen LogP contribution in [0.25, 0.3) is 17.1 Å². The van der Waals surface area contributed by atoms with Gasteiger partial charge in [-0.25, -0.2) is 14.8 Å². The molecule has 0 bridgehead atoms. The number of cyclic esters (lactones) is 1. The summed E-state index contributed by atoms with van der Waals surface area (Å²) in [5.41, 5.74) is 2.38. The summed E-state index contributed by atoms with van der Waals surface area (Å²) < 4.78 is 5.18. The maximum Gasteiger partial charge on any atom is 0.363 e. The van der Waals surface area contributed by atoms with Crippen molar-refractivity contribution in [2.24, 2.45) is 4.99 Å². The standard InChI is InChI=1S/C16H9N3O2S/c20-16-13(19-15(21-16)14-6-3-7-22-14)8-10-9-17-11-4-1-2-5-12(11)18-10/h1-9H/b13-8-. The van der Waals surface area contributed by atoms with Crippen LogP contribution in [0.3, 0.4) is 0 Å². The number of esters is 1. The SMILES string of the molecule is O=C1OC(c2cccs2)=N/C1=C\c1cnc2ccccc2n1. The predicted molar refractivity (Wildman–Crippen MR) is 84.5 cm³/mol. The summed E-state index contributed by atoms with van der Waals surface area (Å²) in [6.45, 7) is 0. The molecule has 0 amide bonds. The highest BCUT2D eigenvalue weighted by molar-refractivity contribution is 7.12. The Labute approximate surface area is 129 Å². The fraction of sp³-hybridized carbons (Fsp3) is 0. The Morgan fingerprint density at radius 1 is 1.09 bits per heavy atom. The second kappa shape index (κ2) is 5.16. The lowest BCUT2D eigenvalue weighted by Gasteiger charge is -1.97. The van der Waals surface area contributed by atoms with Gasteiger partial charge < -0.3 is 4.74 Å². The van der Waals surface area contributed by atoms with Gasteiger partial charge in [0.15, 0.2) is 5.70 Å². The first-order valence-electron chi connectivity index (χ1n) is 6.58. The van der Waals surface area contributed by atoms with Crippen LogP contribution in [0.1, 0.15) is 10.6 Å². The first-order chi connectivity index (χ1) is 10.8. The zero-order valence-corrected chi connectivity index (χ0v) is 12.1. The van der Waals surface area contributed by atoms with Gasteiger partial charge in [-0.1, -0.05) is 18.2 Å². The molecule has 0 fully saturated rings. The van der Waals surface area contributed by atoms with Crippen molar-refractivity contribution in [2.75, 3.05) is 0 Å². The van der Waals surface area contributed by atoms with Crippen LogP contribution in [0.15, 0.2) is 58.7 Å². The lowest BCUT2D eigenvalue weighted by atomic mass is 10.3. The highest BCUT2D eigenvalue weighted by Crippen LogP contribution is 2.21. The molecule has 0 spiro atoms. The average molecular weight is 307 g/mol. The Balaban J connectivity index is 1.73. The number of aliphatic imine (C=N–C) groups is 1. The quantitative estimate of drug-likeness (QED) is 0.539. The molecule has 0 saturated heterocycles. The Morgan fingerprint density at radius 2 is 1.95 bits per heavy atom. The van der Waals surface area contributed by atoms with E-state index in [9.17, 15) is 4.79 Å². The van der Waals surface area contributed by atoms with Gasteiger partial charge in [0, 0.05) is 0 Å². The Bertz CT molecular complexity index is 929. The molecule has 0 aliphatic carbocycles. The number of benzene rings is 1. The third-order valence-electron chi connectivity index (χ3n) is 3.10. The van der Waals surface area contributed by atoms with Crippen LogP contribution in [0, 0.1) is 0 Å². The zero-order chi connectivity index (χ0) is 14.9. The molecule has 3 aromatic rings. The molecule has 1 aromatic carbocycles. The molecule has 0 radical (unpaired) electrons. The van der Waals surface area contributed by atoms with Crippen molar-refractivity contribution in [2.45, 2.75) is 0 Å². The number of nitrogens with zero attached hydrogens (tertiary/aromatic N) is 3. The molecule has 0 atom stereocenters. The van der Waals surface area contributed by atoms with Crippen LogP contribution < -0.4 is 0 Å². The topological polar surface area (TPSA) is 64.4 Å². The van der Waals surface area contributed by atoms with Crippen LogP contribution >= 0.6 is 11.3 Å². The maximum atomic E-state index is 11.9. The number of carbonyl (C=O) groups excluding carboxylic acids is 1. The molecule has 0 unspecified atom stereocenters. The molecular formula is C16H9N3O2S. The van der Waals surface area contributed by atoms with Crippen LogP contribution in [0.2, 0.25) is 0 Å². The van der Waals surface area contributed by atoms with Gasteiger partial charge in [-0.15, -0.1) is 11.3 Å². The van der Waals surface area contributed by atoms with E-state index < -0.39 is 5.97 Å². The van der Waals surface area contributed by atoms with Gasteiger partial charge in [-0.2, -0.15) is 0 Å². The molecule has 4 rings (SSSR count). The summed E-state index contributed by atoms with van der Waals surface area (Å²) in [5.74, 6) is -0.140. The van der Waals surface area contributed by atoms with Gasteiger partial charge in [0.2, 0.25) is 5.90 Å². The van der Waals surface area contributed by atoms with Crippen molar-refractivity contribution < 1.29 is 9.53 Å². The minimum Gasteiger partial charge on any atom is -0.401 e. The molecule has 6 heteroatoms. The van der Waals surface area contributed by atoms with Gasteiger partial charge in [0.05, 0.1) is 27.8 Å². The first kappa shape index (κ1) is 12.8. The number of rotatable bonds is 2. The third kappa shape index (κ3) is 2.29. The number of hydrogen-bond acceptors (Lipinski definition) is 6. The normalized spacial score (nSPS) is 16.1. The molecule has 2 aromatic heterocycles. The van der Waals surface area contributed by atoms with E-state index in [4.69, 9.17) is 4.74 Å². The monoisotopic (exact) mass is 307 g/mol. The maximum absolute atomic E-state index is 11.9. The molecule has 0 N–H and O–H groups in total. The van der Waals surface area contributed by atoms with E-state index in [1.165, 1.54) is 11.3 Å². The predicted octanol–water partition coefficient (Wildman–Crippen LogP) is 3.04. The Hall–Kier alpha value is -2.86. The molecule has 1 aliphatic rings. The molecule has 5 nitrogen and oxygen atoms in total. The number of para-hydroxylation sites is 2. The zero-order valence-electron chi connectivity index (χ0n) is 11.3. The number of carbonyl (C=O) groups is 1. The molecule has 3 heterocycles. The van der Waals surface area contributed by atoms with E-state index in [1.54, 1.807) is 12.3 Å². The largest absolute Gasteiger partial charge is 0.401 e. The van der Waals surface area contributed by atoms with Crippen LogP contribution in [-0.2, 0) is 9.53 Å². The molecular weight excluding hydrogens is 298 g/mol. The Morgan fingerprint density at radius 3 is 2.77 bits per heavy atom. The van der Waals surface area contributed by atoms with E-state index in [-0.39, 0.29) is 5.70 Å². The van der Waals surface area contributed by atoms with Crippen LogP contribution in [-0.4, -0.2) is 21.8 Å². The van der Waals surface area contributed by atoms with Gasteiger partial charge in [-0.3, -0.25) is 4.98 Å². The minimum absolute atomic E-state index is 0.230. The summed E-state index contributed by atoms with van der Waals surface area (Å²) in [6, 6.07) is 11.3. The van der Waals surface area contributed by atoms with Crippen molar-refractivity contribution in [1.29, 1.82) is 0 Å². The summed E-state index contributed by atoms with van der Waals surface area (Å²) >= 11 is 1.47. The van der Waals surface area contributed by atoms with E-state index in [2.05, 4.69) is 15.0 Å². The van der Waals surface area contributed by atoms with Crippen molar-refractivity contribution in [3.05, 3.63) is 64.2 Å². The number of hydrogen-bond donors (Lipinski definition) is 0. The third-order valence-corrected chi connectivity index (χ3v) is 3.96. The second-order valence-corrected chi connectivity index (χ2v) is 5.54. The molecule has 106 valence electrons. The van der Waals surface area contributed by atoms with Gasteiger partial charge >= 0.3 is 5.97 Å². The lowest BCUT2D eigenvalue weighted by molar-refractivity contribution is -0.129. The van der Waals surface area contributed by atoms with Crippen LogP contribution in [0.4, 0.5) is 0 Å². The summed E-state index contributed by atoms with van der Waals surface area (Å²) in [6.07, 6.45) is 3.20. The van der Waals surface area contributed by atoms with E-state index in [1.807, 2.05) is 41.8 Å². The highest BCUT2D eigenvalue weighted by atomic mass is 32.1. The minimum atomic E-state index is -0.474. The summed E-state index contributed by atoms with van der Waals surface area (Å²) in [5, 5.41) is 1.90. The Kier molecular flexibility index (Phi) is 3.01. The summed E-state index contributed by atoms with van der Waals surface area (Å²) in [7, 11) is 0. The van der Waals surface area contributed by atoms with Crippen molar-refractivity contribution in [3.63, 3.8) is 0 Å². The lowest BCUT2D eigenvalue weighted by Crippen LogP contribution is -2.03. The second-order valence-electron chi connectivity index (χ2n) is 4.60. The highest BCUT2D eigenvalue weighted by Gasteiger charge is 2.24. The van der Waals surface area contributed by atoms with E-state index in [0.29, 0.717) is 11.6 Å². The van der Waals surface area contributed by atoms with Crippen molar-refractivity contribution in [1.82, 2.24) is 9.97 Å². The summed E-state index contributed by atoms with van der Waals surface area (Å²) in [4.78, 5) is 25.7. The molecule has 22 heavy (non-hydrogen) atoms.